The number of nitrogens with one attached hydrogen (secondary N) is 1. The van der Waals surface area contributed by atoms with Crippen LogP contribution in [0.3, 0.4) is 0 Å². The van der Waals surface area contributed by atoms with Crippen molar-refractivity contribution in [2.24, 2.45) is 18.4 Å². The van der Waals surface area contributed by atoms with Crippen LogP contribution in [0.2, 0.25) is 0 Å². The summed E-state index contributed by atoms with van der Waals surface area (Å²) < 4.78 is 17.5. The van der Waals surface area contributed by atoms with Gasteiger partial charge in [0.1, 0.15) is 11.5 Å². The topological polar surface area (TPSA) is 96.7 Å². The molecule has 47 heavy (non-hydrogen) atoms. The Balaban J connectivity index is 1.44. The number of thioether (sulfide) groups is 1. The quantitative estimate of drug-likeness (QED) is 0.197. The van der Waals surface area contributed by atoms with Crippen molar-refractivity contribution in [2.75, 3.05) is 11.5 Å². The summed E-state index contributed by atoms with van der Waals surface area (Å²) in [5.41, 5.74) is 4.18. The summed E-state index contributed by atoms with van der Waals surface area (Å²) in [5.74, 6) is 1.74. The van der Waals surface area contributed by atoms with Crippen LogP contribution in [0.25, 0.3) is 22.4 Å². The lowest BCUT2D eigenvalue weighted by Gasteiger charge is -2.31. The Hall–Kier alpha value is -3.63. The van der Waals surface area contributed by atoms with E-state index in [-0.39, 0.29) is 11.2 Å². The van der Waals surface area contributed by atoms with E-state index in [4.69, 9.17) is 10.1 Å². The highest BCUT2D eigenvalue weighted by molar-refractivity contribution is 7.99. The molecule has 2 aromatic carbocycles. The van der Waals surface area contributed by atoms with Crippen LogP contribution in [0.4, 0.5) is 4.39 Å². The fraction of sp³-hybridized carbons (Fsp3) is 0.405. The first-order chi connectivity index (χ1) is 22.4. The lowest BCUT2D eigenvalue weighted by Crippen LogP contribution is -2.27. The number of hydrogen-bond donors (Lipinski definition) is 2. The Labute approximate surface area is 284 Å². The number of aromatic nitrogens is 5. The Bertz CT molecular complexity index is 1920. The monoisotopic (exact) mass is 671 g/mol. The zero-order valence-electron chi connectivity index (χ0n) is 27.6. The van der Waals surface area contributed by atoms with E-state index in [1.165, 1.54) is 11.8 Å². The van der Waals surface area contributed by atoms with Crippen LogP contribution in [-0.4, -0.2) is 47.3 Å². The number of rotatable bonds is 4. The normalized spacial score (nSPS) is 19.4. The minimum absolute atomic E-state index is 0.1000. The number of aliphatic carboxylic acids is 1. The third kappa shape index (κ3) is 7.14. The maximum Gasteiger partial charge on any atom is 0.306 e. The molecule has 0 radical (unpaired) electrons. The number of carbonyl (C=O) groups is 1. The molecular formula is C37H42FN5O2S2. The SMILES string of the molecule is CC(Cc1cccc([C@@]2(C)CCCC(C)(C)CSCCc3c(c(F)cc4[nH]ccc34)Sc3ccnc(c3)-c3nc2nn3C)c1)C(=O)O. The molecule has 1 aliphatic rings. The number of H-pyrrole nitrogens is 1. The van der Waals surface area contributed by atoms with Gasteiger partial charge in [-0.25, -0.2) is 14.1 Å². The van der Waals surface area contributed by atoms with Crippen molar-refractivity contribution >= 4 is 40.4 Å². The number of benzene rings is 2. The summed E-state index contributed by atoms with van der Waals surface area (Å²) in [6.07, 6.45) is 7.69. The summed E-state index contributed by atoms with van der Waals surface area (Å²) in [6.45, 7) is 8.60. The standard InChI is InChI=1S/C37H42FN5O2S2/c1-23(34(44)45)18-24-8-6-9-25(19-24)37(4)14-7-13-36(2,3)22-46-17-12-28-27-11-16-39-30(27)21-29(38)32(28)47-26-10-15-40-31(20-26)33-41-35(37)42-43(33)5/h6,8-11,15-16,19-21,23,39H,7,12-14,17-18,22H2,1-5H3,(H,44,45)/t23?,37-/m1/s1. The van der Waals surface area contributed by atoms with Crippen molar-refractivity contribution in [3.63, 3.8) is 0 Å². The van der Waals surface area contributed by atoms with Crippen LogP contribution in [0.15, 0.2) is 70.7 Å². The minimum atomic E-state index is -0.800. The molecule has 1 aliphatic heterocycles. The molecule has 10 heteroatoms. The van der Waals surface area contributed by atoms with Crippen LogP contribution in [-0.2, 0) is 30.1 Å². The molecule has 246 valence electrons. The van der Waals surface area contributed by atoms with Crippen molar-refractivity contribution < 1.29 is 14.3 Å². The van der Waals surface area contributed by atoms with Crippen molar-refractivity contribution in [3.05, 3.63) is 89.3 Å². The minimum Gasteiger partial charge on any atom is -0.481 e. The van der Waals surface area contributed by atoms with Crippen molar-refractivity contribution in [3.8, 4) is 11.5 Å². The molecule has 1 unspecified atom stereocenters. The molecule has 0 saturated carbocycles. The third-order valence-electron chi connectivity index (χ3n) is 9.35. The van der Waals surface area contributed by atoms with Gasteiger partial charge in [-0.3, -0.25) is 9.78 Å². The number of halogens is 1. The molecule has 0 aliphatic carbocycles. The Morgan fingerprint density at radius 1 is 1.15 bits per heavy atom. The lowest BCUT2D eigenvalue weighted by atomic mass is 9.75. The average Bonchev–Trinajstić information content (AvgIpc) is 3.66. The predicted octanol–water partition coefficient (Wildman–Crippen LogP) is 8.70. The molecular weight excluding hydrogens is 630 g/mol. The fourth-order valence-corrected chi connectivity index (χ4v) is 8.74. The molecule has 7 nitrogen and oxygen atoms in total. The molecule has 2 atom stereocenters. The first kappa shape index (κ1) is 33.3. The van der Waals surface area contributed by atoms with Crippen LogP contribution in [0.1, 0.15) is 69.5 Å². The zero-order valence-corrected chi connectivity index (χ0v) is 29.3. The van der Waals surface area contributed by atoms with Crippen molar-refractivity contribution in [2.45, 2.75) is 75.0 Å². The van der Waals surface area contributed by atoms with Gasteiger partial charge in [0.05, 0.1) is 16.2 Å². The van der Waals surface area contributed by atoms with Gasteiger partial charge in [-0.15, -0.1) is 0 Å². The third-order valence-corrected chi connectivity index (χ3v) is 12.0. The van der Waals surface area contributed by atoms with Gasteiger partial charge in [-0.2, -0.15) is 16.9 Å². The molecule has 0 amide bonds. The van der Waals surface area contributed by atoms with Gasteiger partial charge >= 0.3 is 5.97 Å². The van der Waals surface area contributed by atoms with Crippen LogP contribution in [0.5, 0.6) is 0 Å². The summed E-state index contributed by atoms with van der Waals surface area (Å²) in [6, 6.07) is 15.8. The number of carboxylic acid groups (broad SMARTS) is 1. The molecule has 2 N–H and O–H groups in total. The van der Waals surface area contributed by atoms with E-state index in [0.717, 1.165) is 69.7 Å². The number of hydrogen-bond acceptors (Lipinski definition) is 6. The summed E-state index contributed by atoms with van der Waals surface area (Å²) >= 11 is 3.36. The maximum absolute atomic E-state index is 15.7. The van der Waals surface area contributed by atoms with E-state index in [1.54, 1.807) is 23.9 Å². The van der Waals surface area contributed by atoms with Gasteiger partial charge in [-0.05, 0) is 90.5 Å². The van der Waals surface area contributed by atoms with E-state index in [9.17, 15) is 9.90 Å². The smallest absolute Gasteiger partial charge is 0.306 e. The number of carboxylic acids is 1. The van der Waals surface area contributed by atoms with E-state index < -0.39 is 17.3 Å². The zero-order chi connectivity index (χ0) is 33.3. The summed E-state index contributed by atoms with van der Waals surface area (Å²) in [5, 5.41) is 15.6. The second kappa shape index (κ2) is 13.5. The second-order valence-corrected chi connectivity index (χ2v) is 16.0. The van der Waals surface area contributed by atoms with Crippen LogP contribution >= 0.6 is 23.5 Å². The number of aryl methyl sites for hydroxylation is 2. The maximum atomic E-state index is 15.7. The number of fused-ring (bicyclic) bond motifs is 8. The van der Waals surface area contributed by atoms with Crippen LogP contribution in [0, 0.1) is 17.2 Å². The van der Waals surface area contributed by atoms with Crippen LogP contribution < -0.4 is 0 Å². The van der Waals surface area contributed by atoms with Gasteiger partial charge in [0, 0.05) is 35.2 Å². The number of aromatic amines is 1. The highest BCUT2D eigenvalue weighted by Gasteiger charge is 2.35. The molecule has 4 heterocycles. The van der Waals surface area contributed by atoms with E-state index >= 15 is 4.39 Å². The van der Waals surface area contributed by atoms with Gasteiger partial charge < -0.3 is 10.1 Å². The molecule has 5 aromatic rings. The molecule has 0 spiro atoms. The predicted molar refractivity (Wildman–Crippen MR) is 189 cm³/mol. The number of pyridine rings is 1. The largest absolute Gasteiger partial charge is 0.481 e. The molecule has 6 rings (SSSR count). The van der Waals surface area contributed by atoms with Gasteiger partial charge in [-0.1, -0.05) is 63.2 Å². The molecule has 0 saturated heterocycles. The second-order valence-electron chi connectivity index (χ2n) is 13.8. The fourth-order valence-electron chi connectivity index (χ4n) is 6.52. The number of nitrogens with zero attached hydrogens (tertiary/aromatic N) is 4. The van der Waals surface area contributed by atoms with E-state index in [1.807, 2.05) is 55.3 Å². The highest BCUT2D eigenvalue weighted by atomic mass is 32.2. The molecule has 4 bridgehead atoms. The van der Waals surface area contributed by atoms with Gasteiger partial charge in [0.2, 0.25) is 0 Å². The average molecular weight is 672 g/mol. The summed E-state index contributed by atoms with van der Waals surface area (Å²) in [4.78, 5) is 26.2. The van der Waals surface area contributed by atoms with E-state index in [2.05, 4.69) is 42.9 Å². The summed E-state index contributed by atoms with van der Waals surface area (Å²) in [7, 11) is 1.89. The first-order valence-corrected chi connectivity index (χ1v) is 18.1. The van der Waals surface area contributed by atoms with E-state index in [0.29, 0.717) is 28.7 Å². The highest BCUT2D eigenvalue weighted by Crippen LogP contribution is 2.41. The van der Waals surface area contributed by atoms with Gasteiger partial charge in [0.15, 0.2) is 11.6 Å². The molecule has 0 fully saturated rings. The molecule has 3 aromatic heterocycles. The van der Waals surface area contributed by atoms with Gasteiger partial charge in [0.25, 0.3) is 0 Å². The Morgan fingerprint density at radius 3 is 2.79 bits per heavy atom. The van der Waals surface area contributed by atoms with Crippen molar-refractivity contribution in [1.82, 2.24) is 24.7 Å². The first-order valence-electron chi connectivity index (χ1n) is 16.2. The Kier molecular flexibility index (Phi) is 9.54. The van der Waals surface area contributed by atoms with Crippen molar-refractivity contribution in [1.29, 1.82) is 0 Å². The Morgan fingerprint density at radius 2 is 1.98 bits per heavy atom. The lowest BCUT2D eigenvalue weighted by molar-refractivity contribution is -0.141.